The van der Waals surface area contributed by atoms with Crippen LogP contribution in [0.15, 0.2) is 158 Å². The predicted molar refractivity (Wildman–Crippen MR) is 330 cm³/mol. The third kappa shape index (κ3) is 44.7. The molecule has 1 fully saturated rings. The van der Waals surface area contributed by atoms with Crippen LogP contribution in [0.3, 0.4) is 0 Å². The van der Waals surface area contributed by atoms with Crippen molar-refractivity contribution in [3.63, 3.8) is 0 Å². The van der Waals surface area contributed by atoms with Crippen molar-refractivity contribution in [2.24, 2.45) is 0 Å². The van der Waals surface area contributed by atoms with Gasteiger partial charge < -0.3 is 39.0 Å². The van der Waals surface area contributed by atoms with E-state index in [0.29, 0.717) is 25.7 Å². The molecule has 0 radical (unpaired) electrons. The van der Waals surface area contributed by atoms with Gasteiger partial charge in [0.15, 0.2) is 24.6 Å². The molecule has 3 N–H and O–H groups in total. The Hall–Kier alpha value is -5.66. The Morgan fingerprint density at radius 3 is 1.19 bits per heavy atom. The van der Waals surface area contributed by atoms with E-state index in [0.717, 1.165) is 135 Å². The quantitative estimate of drug-likeness (QED) is 0.0228. The number of carbonyl (C=O) groups is 4. The van der Waals surface area contributed by atoms with Gasteiger partial charge in [-0.25, -0.2) is 4.79 Å². The van der Waals surface area contributed by atoms with Gasteiger partial charge in [-0.2, -0.15) is 0 Å². The lowest BCUT2D eigenvalue weighted by Crippen LogP contribution is -2.61. The van der Waals surface area contributed by atoms with Crippen molar-refractivity contribution in [1.82, 2.24) is 0 Å². The lowest BCUT2D eigenvalue weighted by atomic mass is 9.98. The second-order valence-corrected chi connectivity index (χ2v) is 19.8. The number of hydrogen-bond acceptors (Lipinski definition) is 11. The number of unbranched alkanes of at least 4 members (excludes halogenated alkanes) is 9. The fourth-order valence-electron chi connectivity index (χ4n) is 8.04. The molecule has 452 valence electrons. The van der Waals surface area contributed by atoms with Gasteiger partial charge in [-0.15, -0.1) is 0 Å². The SMILES string of the molecule is CC/C=C\C/C=C\C/C=C\C/C=C\C/C=C\C/C=C\CCC(=O)OC1C(OCC(COC(=O)CCCCCCCC/C=C\C/C=C\C/C=C\C/C=C\CC)OC(=O)CCCCC/C=C\C/C=C\C/C=C\CC)OC(C(=O)O)C(O)C1O. The Morgan fingerprint density at radius 1 is 0.407 bits per heavy atom. The van der Waals surface area contributed by atoms with E-state index in [4.69, 9.17) is 23.7 Å². The van der Waals surface area contributed by atoms with Crippen molar-refractivity contribution in [2.45, 2.75) is 237 Å². The maximum atomic E-state index is 13.1. The van der Waals surface area contributed by atoms with E-state index in [-0.39, 0.29) is 25.9 Å². The smallest absolute Gasteiger partial charge is 0.335 e. The van der Waals surface area contributed by atoms with Crippen LogP contribution in [-0.2, 0) is 42.9 Å². The number of rotatable bonds is 49. The zero-order valence-electron chi connectivity index (χ0n) is 49.7. The summed E-state index contributed by atoms with van der Waals surface area (Å²) in [4.78, 5) is 51.2. The van der Waals surface area contributed by atoms with Gasteiger partial charge in [0, 0.05) is 19.3 Å². The molecule has 0 aromatic rings. The first-order chi connectivity index (χ1) is 39.6. The van der Waals surface area contributed by atoms with Gasteiger partial charge in [0.25, 0.3) is 0 Å². The van der Waals surface area contributed by atoms with Crippen LogP contribution < -0.4 is 0 Å². The maximum Gasteiger partial charge on any atom is 0.335 e. The number of carboxylic acid groups (broad SMARTS) is 1. The Bertz CT molecular complexity index is 2010. The summed E-state index contributed by atoms with van der Waals surface area (Å²) in [6.07, 6.45) is 67.9. The fourth-order valence-corrected chi connectivity index (χ4v) is 8.04. The molecule has 0 spiro atoms. The maximum absolute atomic E-state index is 13.1. The second-order valence-electron chi connectivity index (χ2n) is 19.8. The molecule has 6 atom stereocenters. The highest BCUT2D eigenvalue weighted by Gasteiger charge is 2.50. The number of ether oxygens (including phenoxy) is 5. The molecule has 0 amide bonds. The van der Waals surface area contributed by atoms with E-state index in [1.165, 1.54) is 0 Å². The van der Waals surface area contributed by atoms with Crippen LogP contribution in [0.25, 0.3) is 0 Å². The van der Waals surface area contributed by atoms with E-state index in [9.17, 15) is 34.5 Å². The highest BCUT2D eigenvalue weighted by Crippen LogP contribution is 2.26. The van der Waals surface area contributed by atoms with E-state index in [1.807, 2.05) is 18.2 Å². The number of aliphatic hydroxyl groups is 2. The van der Waals surface area contributed by atoms with Crippen molar-refractivity contribution in [1.29, 1.82) is 0 Å². The molecule has 1 saturated heterocycles. The Labute approximate surface area is 488 Å². The fraction of sp³-hybridized carbons (Fsp3) is 0.565. The van der Waals surface area contributed by atoms with Gasteiger partial charge in [0.05, 0.1) is 6.61 Å². The van der Waals surface area contributed by atoms with Gasteiger partial charge in [-0.05, 0) is 128 Å². The van der Waals surface area contributed by atoms with Crippen LogP contribution in [0.1, 0.15) is 201 Å². The molecule has 1 heterocycles. The normalized spacial score (nSPS) is 18.9. The molecule has 1 rings (SSSR count). The number of esters is 3. The standard InChI is InChI=1S/C69H104O12/c1-4-7-10-13-16-19-22-25-27-29-31-33-35-38-40-43-46-49-52-55-61(70)77-58-60(79-62(71)56-53-50-47-44-41-37-24-21-18-15-12-9-6-3)59-78-69-67(65(74)64(73)66(81-69)68(75)76)80-63(72)57-54-51-48-45-42-39-36-34-32-30-28-26-23-20-17-14-11-8-5-2/h7-12,16-21,25-28,31-34,37,39,41-42,48,51,60,64-67,69,73-74H,4-6,13-15,22-24,29-30,35-36,38,40,43-47,49-50,52-59H2,1-3H3,(H,75,76)/b10-7-,11-8-,12-9-,19-16-,20-17-,21-18-,27-25-,28-26-,33-31-,34-32-,41-37-,42-39-,51-48-. The second kappa shape index (κ2) is 54.9. The summed E-state index contributed by atoms with van der Waals surface area (Å²) in [7, 11) is 0. The van der Waals surface area contributed by atoms with Crippen LogP contribution >= 0.6 is 0 Å². The third-order valence-corrected chi connectivity index (χ3v) is 12.6. The third-order valence-electron chi connectivity index (χ3n) is 12.6. The monoisotopic (exact) mass is 1120 g/mol. The number of allylic oxidation sites excluding steroid dienone is 26. The minimum absolute atomic E-state index is 0.0791. The van der Waals surface area contributed by atoms with Crippen molar-refractivity contribution in [3.8, 4) is 0 Å². The average Bonchev–Trinajstić information content (AvgIpc) is 3.54. The van der Waals surface area contributed by atoms with Gasteiger partial charge in [-0.3, -0.25) is 14.4 Å². The Kier molecular flexibility index (Phi) is 49.7. The van der Waals surface area contributed by atoms with Crippen LogP contribution in [0.5, 0.6) is 0 Å². The van der Waals surface area contributed by atoms with Crippen molar-refractivity contribution in [2.75, 3.05) is 13.2 Å². The Morgan fingerprint density at radius 2 is 0.765 bits per heavy atom. The molecule has 0 aromatic carbocycles. The molecule has 12 heteroatoms. The van der Waals surface area contributed by atoms with Crippen LogP contribution in [0.2, 0.25) is 0 Å². The van der Waals surface area contributed by atoms with E-state index in [1.54, 1.807) is 0 Å². The van der Waals surface area contributed by atoms with E-state index < -0.39 is 67.3 Å². The van der Waals surface area contributed by atoms with Crippen LogP contribution in [-0.4, -0.2) is 89.2 Å². The van der Waals surface area contributed by atoms with Crippen molar-refractivity contribution in [3.05, 3.63) is 158 Å². The highest BCUT2D eigenvalue weighted by atomic mass is 16.7. The highest BCUT2D eigenvalue weighted by molar-refractivity contribution is 5.74. The number of carbonyl (C=O) groups excluding carboxylic acids is 3. The number of hydrogen-bond donors (Lipinski definition) is 3. The van der Waals surface area contributed by atoms with Gasteiger partial charge >= 0.3 is 23.9 Å². The molecule has 6 unspecified atom stereocenters. The Balaban J connectivity index is 2.74. The molecular formula is C69H104O12. The predicted octanol–water partition coefficient (Wildman–Crippen LogP) is 16.1. The number of carboxylic acids is 1. The summed E-state index contributed by atoms with van der Waals surface area (Å²) in [5.74, 6) is -3.32. The number of aliphatic hydroxyl groups excluding tert-OH is 2. The largest absolute Gasteiger partial charge is 0.479 e. The topological polar surface area (TPSA) is 175 Å². The summed E-state index contributed by atoms with van der Waals surface area (Å²) < 4.78 is 28.3. The lowest BCUT2D eigenvalue weighted by molar-refractivity contribution is -0.301. The van der Waals surface area contributed by atoms with Gasteiger partial charge in [-0.1, -0.05) is 211 Å². The number of aliphatic carboxylic acids is 1. The molecule has 0 aliphatic carbocycles. The zero-order valence-corrected chi connectivity index (χ0v) is 49.7. The van der Waals surface area contributed by atoms with Crippen LogP contribution in [0.4, 0.5) is 0 Å². The minimum atomic E-state index is -1.94. The van der Waals surface area contributed by atoms with Gasteiger partial charge in [0.2, 0.25) is 0 Å². The zero-order chi connectivity index (χ0) is 58.9. The summed E-state index contributed by atoms with van der Waals surface area (Å²) in [6, 6.07) is 0. The summed E-state index contributed by atoms with van der Waals surface area (Å²) in [5, 5.41) is 31.5. The minimum Gasteiger partial charge on any atom is -0.479 e. The van der Waals surface area contributed by atoms with E-state index in [2.05, 4.69) is 161 Å². The first-order valence-electron chi connectivity index (χ1n) is 30.5. The molecular weight excluding hydrogens is 1020 g/mol. The van der Waals surface area contributed by atoms with Crippen molar-refractivity contribution < 1.29 is 58.2 Å². The molecule has 81 heavy (non-hydrogen) atoms. The molecule has 1 aliphatic rings. The molecule has 0 saturated carbocycles. The lowest BCUT2D eigenvalue weighted by Gasteiger charge is -2.40. The van der Waals surface area contributed by atoms with Crippen molar-refractivity contribution >= 4 is 23.9 Å². The van der Waals surface area contributed by atoms with E-state index >= 15 is 0 Å². The molecule has 0 aromatic heterocycles. The molecule has 1 aliphatic heterocycles. The summed E-state index contributed by atoms with van der Waals surface area (Å²) >= 11 is 0. The first-order valence-corrected chi connectivity index (χ1v) is 30.5. The molecule has 0 bridgehead atoms. The van der Waals surface area contributed by atoms with Crippen LogP contribution in [0, 0.1) is 0 Å². The molecule has 12 nitrogen and oxygen atoms in total. The summed E-state index contributed by atoms with van der Waals surface area (Å²) in [5.41, 5.74) is 0. The average molecular weight is 1130 g/mol. The summed E-state index contributed by atoms with van der Waals surface area (Å²) in [6.45, 7) is 5.57. The van der Waals surface area contributed by atoms with Gasteiger partial charge in [0.1, 0.15) is 18.8 Å². The first kappa shape index (κ1) is 73.4.